The Hall–Kier alpha value is 0.610. The standard InChI is InChI=1S/C26H49Cl2N3S.CH4.5H2O/c1-4-32-30-17-21-13-20(14-25(28)15-21)16-29-26(19(2)3)18-31-11-9-23(10-12-31)22-5-7-24(27)8-6-22;;;;;;/h19-26,29-30H,4-18H2,1-3H3;1H4;5*1H2/t20?,21?,22?,24?,25?,26-;;;;;;/m0....../s1. The first-order valence-corrected chi connectivity index (χ1v) is 15.4. The quantitative estimate of drug-likeness (QED) is 0.207. The van der Waals surface area contributed by atoms with Crippen LogP contribution in [-0.4, -0.2) is 87.6 Å². The van der Waals surface area contributed by atoms with Gasteiger partial charge in [-0.25, -0.2) is 0 Å². The van der Waals surface area contributed by atoms with E-state index in [9.17, 15) is 0 Å². The number of nitrogens with one attached hydrogen (secondary N) is 2. The van der Waals surface area contributed by atoms with Crippen LogP contribution < -0.4 is 10.0 Å². The molecule has 0 bridgehead atoms. The van der Waals surface area contributed by atoms with Gasteiger partial charge in [0.1, 0.15) is 0 Å². The molecule has 2 saturated carbocycles. The van der Waals surface area contributed by atoms with Crippen molar-refractivity contribution >= 4 is 35.1 Å². The number of likely N-dealkylation sites (tertiary alicyclic amines) is 1. The minimum Gasteiger partial charge on any atom is -0.412 e. The first-order chi connectivity index (χ1) is 15.4. The van der Waals surface area contributed by atoms with E-state index in [1.807, 2.05) is 11.9 Å². The first-order valence-electron chi connectivity index (χ1n) is 13.5. The van der Waals surface area contributed by atoms with E-state index in [1.165, 1.54) is 77.4 Å². The Balaban J connectivity index is -0.000000963. The molecule has 2 aliphatic carbocycles. The van der Waals surface area contributed by atoms with E-state index < -0.39 is 0 Å². The van der Waals surface area contributed by atoms with Crippen LogP contribution in [0.2, 0.25) is 0 Å². The molecule has 3 fully saturated rings. The minimum atomic E-state index is 0. The van der Waals surface area contributed by atoms with E-state index in [-0.39, 0.29) is 34.8 Å². The third kappa shape index (κ3) is 15.6. The van der Waals surface area contributed by atoms with Crippen LogP contribution in [0.4, 0.5) is 0 Å². The van der Waals surface area contributed by atoms with Crippen molar-refractivity contribution in [3.8, 4) is 0 Å². The molecule has 0 aromatic rings. The molecular formula is C27H63Cl2N3O5S. The minimum absolute atomic E-state index is 0. The van der Waals surface area contributed by atoms with Crippen LogP contribution >= 0.6 is 35.1 Å². The van der Waals surface area contributed by atoms with Crippen molar-refractivity contribution < 1.29 is 27.4 Å². The van der Waals surface area contributed by atoms with Crippen molar-refractivity contribution in [2.24, 2.45) is 29.6 Å². The predicted molar refractivity (Wildman–Crippen MR) is 169 cm³/mol. The highest BCUT2D eigenvalue weighted by Crippen LogP contribution is 2.37. The van der Waals surface area contributed by atoms with Crippen LogP contribution in [-0.2, 0) is 0 Å². The van der Waals surface area contributed by atoms with E-state index in [1.54, 1.807) is 0 Å². The Morgan fingerprint density at radius 3 is 1.82 bits per heavy atom. The number of rotatable bonds is 11. The zero-order valence-corrected chi connectivity index (χ0v) is 25.7. The molecule has 12 N–H and O–H groups in total. The highest BCUT2D eigenvalue weighted by Gasteiger charge is 2.31. The van der Waals surface area contributed by atoms with Gasteiger partial charge in [0.25, 0.3) is 0 Å². The normalized spacial score (nSPS) is 28.7. The summed E-state index contributed by atoms with van der Waals surface area (Å²) in [5.41, 5.74) is 0. The van der Waals surface area contributed by atoms with Crippen molar-refractivity contribution in [3.05, 3.63) is 0 Å². The van der Waals surface area contributed by atoms with Gasteiger partial charge in [0, 0.05) is 35.6 Å². The Labute approximate surface area is 247 Å². The summed E-state index contributed by atoms with van der Waals surface area (Å²) in [5.74, 6) is 5.13. The molecule has 3 aliphatic rings. The van der Waals surface area contributed by atoms with Crippen LogP contribution in [0.3, 0.4) is 0 Å². The van der Waals surface area contributed by atoms with Gasteiger partial charge < -0.3 is 37.6 Å². The summed E-state index contributed by atoms with van der Waals surface area (Å²) in [6.45, 7) is 13.0. The molecule has 3 unspecified atom stereocenters. The smallest absolute Gasteiger partial charge is 0.0342 e. The summed E-state index contributed by atoms with van der Waals surface area (Å²) in [4.78, 5) is 2.74. The molecule has 4 atom stereocenters. The summed E-state index contributed by atoms with van der Waals surface area (Å²) in [5, 5.41) is 4.78. The van der Waals surface area contributed by atoms with Gasteiger partial charge in [0.15, 0.2) is 0 Å². The zero-order valence-electron chi connectivity index (χ0n) is 23.3. The fraction of sp³-hybridized carbons (Fsp3) is 1.00. The maximum atomic E-state index is 6.66. The second-order valence-corrected chi connectivity index (χ2v) is 13.6. The van der Waals surface area contributed by atoms with Gasteiger partial charge in [-0.3, -0.25) is 4.72 Å². The summed E-state index contributed by atoms with van der Waals surface area (Å²) in [6.07, 6.45) is 11.7. The third-order valence-electron chi connectivity index (χ3n) is 8.39. The molecule has 0 spiro atoms. The van der Waals surface area contributed by atoms with Gasteiger partial charge >= 0.3 is 0 Å². The molecule has 11 heteroatoms. The van der Waals surface area contributed by atoms with Crippen molar-refractivity contribution in [2.45, 2.75) is 103 Å². The Morgan fingerprint density at radius 1 is 0.763 bits per heavy atom. The lowest BCUT2D eigenvalue weighted by Crippen LogP contribution is -2.49. The van der Waals surface area contributed by atoms with E-state index >= 15 is 0 Å². The Kier molecular flexibility index (Phi) is 29.1. The van der Waals surface area contributed by atoms with Crippen LogP contribution in [0, 0.1) is 29.6 Å². The molecule has 0 radical (unpaired) electrons. The van der Waals surface area contributed by atoms with Gasteiger partial charge in [-0.15, -0.1) is 23.2 Å². The molecule has 8 nitrogen and oxygen atoms in total. The van der Waals surface area contributed by atoms with Gasteiger partial charge in [0.2, 0.25) is 0 Å². The van der Waals surface area contributed by atoms with Crippen LogP contribution in [0.1, 0.15) is 86.0 Å². The molecular weight excluding hydrogens is 549 g/mol. The fourth-order valence-electron chi connectivity index (χ4n) is 6.36. The average Bonchev–Trinajstić information content (AvgIpc) is 2.77. The molecule has 0 aromatic carbocycles. The molecule has 0 amide bonds. The molecule has 1 heterocycles. The summed E-state index contributed by atoms with van der Waals surface area (Å²) >= 11 is 14.8. The van der Waals surface area contributed by atoms with Crippen molar-refractivity contribution in [3.63, 3.8) is 0 Å². The predicted octanol–water partition coefficient (Wildman–Crippen LogP) is 2.90. The molecule has 1 saturated heterocycles. The number of piperidine rings is 1. The molecule has 0 aromatic heterocycles. The highest BCUT2D eigenvalue weighted by atomic mass is 35.5. The fourth-order valence-corrected chi connectivity index (χ4v) is 7.67. The van der Waals surface area contributed by atoms with Gasteiger partial charge in [-0.05, 0) is 107 Å². The SMILES string of the molecule is C.CCSNCC1CC(Cl)CC(CN[C@@H](CN2CCC(C3CCC(Cl)CC3)CC2)C(C)C)C1.O.O.O.O.O. The monoisotopic (exact) mass is 611 g/mol. The zero-order chi connectivity index (χ0) is 22.9. The van der Waals surface area contributed by atoms with Crippen molar-refractivity contribution in [2.75, 3.05) is 38.5 Å². The van der Waals surface area contributed by atoms with E-state index in [2.05, 4.69) is 35.7 Å². The van der Waals surface area contributed by atoms with Crippen LogP contribution in [0.25, 0.3) is 0 Å². The van der Waals surface area contributed by atoms with Crippen molar-refractivity contribution in [1.29, 1.82) is 0 Å². The van der Waals surface area contributed by atoms with Crippen LogP contribution in [0.15, 0.2) is 0 Å². The number of hydrogen-bond donors (Lipinski definition) is 2. The maximum Gasteiger partial charge on any atom is 0.0342 e. The summed E-state index contributed by atoms with van der Waals surface area (Å²) in [7, 11) is 0. The lowest BCUT2D eigenvalue weighted by molar-refractivity contribution is 0.112. The molecule has 1 aliphatic heterocycles. The van der Waals surface area contributed by atoms with E-state index in [0.29, 0.717) is 28.6 Å². The van der Waals surface area contributed by atoms with E-state index in [4.69, 9.17) is 23.2 Å². The molecule has 236 valence electrons. The maximum absolute atomic E-state index is 6.66. The number of nitrogens with zero attached hydrogens (tertiary/aromatic N) is 1. The lowest BCUT2D eigenvalue weighted by atomic mass is 9.75. The van der Waals surface area contributed by atoms with Gasteiger partial charge in [-0.1, -0.05) is 40.1 Å². The second kappa shape index (κ2) is 24.2. The molecule has 38 heavy (non-hydrogen) atoms. The summed E-state index contributed by atoms with van der Waals surface area (Å²) in [6, 6.07) is 0.584. The van der Waals surface area contributed by atoms with E-state index in [0.717, 1.165) is 36.6 Å². The first kappa shape index (κ1) is 45.6. The average molecular weight is 613 g/mol. The largest absolute Gasteiger partial charge is 0.412 e. The number of hydrogen-bond acceptors (Lipinski definition) is 4. The Bertz CT molecular complexity index is 529. The highest BCUT2D eigenvalue weighted by molar-refractivity contribution is 7.97. The lowest BCUT2D eigenvalue weighted by Gasteiger charge is -2.40. The molecule has 3 rings (SSSR count). The van der Waals surface area contributed by atoms with Gasteiger partial charge in [-0.2, -0.15) is 0 Å². The van der Waals surface area contributed by atoms with Crippen molar-refractivity contribution in [1.82, 2.24) is 14.9 Å². The van der Waals surface area contributed by atoms with Gasteiger partial charge in [0.05, 0.1) is 0 Å². The third-order valence-corrected chi connectivity index (χ3v) is 9.84. The Morgan fingerprint density at radius 2 is 1.29 bits per heavy atom. The number of halogens is 2. The van der Waals surface area contributed by atoms with Crippen LogP contribution in [0.5, 0.6) is 0 Å². The topological polar surface area (TPSA) is 185 Å². The summed E-state index contributed by atoms with van der Waals surface area (Å²) < 4.78 is 3.54. The number of alkyl halides is 2. The second-order valence-electron chi connectivity index (χ2n) is 11.2.